The second kappa shape index (κ2) is 5.21. The summed E-state index contributed by atoms with van der Waals surface area (Å²) in [6, 6.07) is 7.73. The van der Waals surface area contributed by atoms with Gasteiger partial charge in [-0.3, -0.25) is 4.98 Å². The fourth-order valence-corrected chi connectivity index (χ4v) is 2.64. The van der Waals surface area contributed by atoms with Crippen LogP contribution in [-0.4, -0.2) is 33.2 Å². The topological polar surface area (TPSA) is 76.7 Å². The molecule has 6 heteroatoms. The van der Waals surface area contributed by atoms with E-state index in [4.69, 9.17) is 4.52 Å². The van der Waals surface area contributed by atoms with Gasteiger partial charge in [0.25, 0.3) is 5.89 Å². The van der Waals surface area contributed by atoms with E-state index in [-0.39, 0.29) is 0 Å². The highest BCUT2D eigenvalue weighted by Crippen LogP contribution is 2.23. The number of hydrogen-bond donors (Lipinski definition) is 1. The van der Waals surface area contributed by atoms with Crippen molar-refractivity contribution < 1.29 is 4.52 Å². The van der Waals surface area contributed by atoms with E-state index in [9.17, 15) is 0 Å². The molecule has 0 aliphatic carbocycles. The molecular formula is C15H15N5O. The number of rotatable bonds is 2. The van der Waals surface area contributed by atoms with Crippen molar-refractivity contribution in [3.8, 4) is 11.6 Å². The minimum absolute atomic E-state index is 0.324. The molecule has 0 amide bonds. The first-order valence-electron chi connectivity index (χ1n) is 7.16. The van der Waals surface area contributed by atoms with Crippen LogP contribution in [0.5, 0.6) is 0 Å². The van der Waals surface area contributed by atoms with Crippen molar-refractivity contribution in [3.63, 3.8) is 0 Å². The standard InChI is InChI=1S/C15H15N5O/c1-2-6-12-11(5-1)17-9-13(18-12)15-19-14(20-21-15)10-4-3-7-16-8-10/h1-2,5-6,9-10,16H,3-4,7-8H2. The van der Waals surface area contributed by atoms with Crippen molar-refractivity contribution in [2.45, 2.75) is 18.8 Å². The Kier molecular flexibility index (Phi) is 3.08. The molecule has 0 saturated carbocycles. The van der Waals surface area contributed by atoms with Crippen LogP contribution in [-0.2, 0) is 0 Å². The molecule has 0 radical (unpaired) electrons. The minimum atomic E-state index is 0.324. The SMILES string of the molecule is c1ccc2nc(-c3nc(C4CCCNC4)no3)cnc2c1. The number of fused-ring (bicyclic) bond motifs is 1. The summed E-state index contributed by atoms with van der Waals surface area (Å²) >= 11 is 0. The Bertz CT molecular complexity index is 763. The maximum Gasteiger partial charge on any atom is 0.278 e. The summed E-state index contributed by atoms with van der Waals surface area (Å²) < 4.78 is 5.36. The minimum Gasteiger partial charge on any atom is -0.332 e. The van der Waals surface area contributed by atoms with Gasteiger partial charge in [-0.2, -0.15) is 4.98 Å². The zero-order chi connectivity index (χ0) is 14.1. The van der Waals surface area contributed by atoms with Gasteiger partial charge in [0.05, 0.1) is 17.2 Å². The molecule has 1 aliphatic heterocycles. The summed E-state index contributed by atoms with van der Waals surface area (Å²) in [5.74, 6) is 1.52. The Morgan fingerprint density at radius 1 is 1.14 bits per heavy atom. The molecular weight excluding hydrogens is 266 g/mol. The molecule has 0 spiro atoms. The lowest BCUT2D eigenvalue weighted by Crippen LogP contribution is -2.28. The van der Waals surface area contributed by atoms with Gasteiger partial charge in [0.2, 0.25) is 0 Å². The van der Waals surface area contributed by atoms with Crippen LogP contribution in [0, 0.1) is 0 Å². The Hall–Kier alpha value is -2.34. The van der Waals surface area contributed by atoms with Crippen LogP contribution in [0.3, 0.4) is 0 Å². The van der Waals surface area contributed by atoms with Gasteiger partial charge in [0.1, 0.15) is 5.69 Å². The van der Waals surface area contributed by atoms with Gasteiger partial charge in [-0.15, -0.1) is 0 Å². The largest absolute Gasteiger partial charge is 0.332 e. The fraction of sp³-hybridized carbons (Fsp3) is 0.333. The lowest BCUT2D eigenvalue weighted by Gasteiger charge is -2.19. The Balaban J connectivity index is 1.67. The predicted octanol–water partition coefficient (Wildman–Crippen LogP) is 2.15. The summed E-state index contributed by atoms with van der Waals surface area (Å²) in [6.07, 6.45) is 3.92. The van der Waals surface area contributed by atoms with Gasteiger partial charge in [-0.25, -0.2) is 4.98 Å². The molecule has 1 fully saturated rings. The van der Waals surface area contributed by atoms with Crippen LogP contribution < -0.4 is 5.32 Å². The third-order valence-electron chi connectivity index (χ3n) is 3.77. The van der Waals surface area contributed by atoms with E-state index in [2.05, 4.69) is 25.4 Å². The molecule has 3 aromatic rings. The highest BCUT2D eigenvalue weighted by Gasteiger charge is 2.21. The number of para-hydroxylation sites is 2. The predicted molar refractivity (Wildman–Crippen MR) is 77.7 cm³/mol. The first kappa shape index (κ1) is 12.4. The van der Waals surface area contributed by atoms with E-state index in [1.54, 1.807) is 6.20 Å². The van der Waals surface area contributed by atoms with Crippen molar-refractivity contribution >= 4 is 11.0 Å². The third kappa shape index (κ3) is 2.38. The summed E-state index contributed by atoms with van der Waals surface area (Å²) in [5.41, 5.74) is 2.31. The van der Waals surface area contributed by atoms with Crippen LogP contribution in [0.25, 0.3) is 22.6 Å². The number of nitrogens with one attached hydrogen (secondary N) is 1. The summed E-state index contributed by atoms with van der Waals surface area (Å²) in [6.45, 7) is 1.97. The average molecular weight is 281 g/mol. The smallest absolute Gasteiger partial charge is 0.278 e. The monoisotopic (exact) mass is 281 g/mol. The molecule has 1 aromatic carbocycles. The number of nitrogens with zero attached hydrogens (tertiary/aromatic N) is 4. The van der Waals surface area contributed by atoms with Crippen LogP contribution in [0.15, 0.2) is 35.0 Å². The quantitative estimate of drug-likeness (QED) is 0.775. The van der Waals surface area contributed by atoms with Gasteiger partial charge < -0.3 is 9.84 Å². The van der Waals surface area contributed by atoms with E-state index >= 15 is 0 Å². The molecule has 1 aliphatic rings. The molecule has 1 saturated heterocycles. The fourth-order valence-electron chi connectivity index (χ4n) is 2.64. The second-order valence-electron chi connectivity index (χ2n) is 5.24. The zero-order valence-corrected chi connectivity index (χ0v) is 11.5. The van der Waals surface area contributed by atoms with Gasteiger partial charge in [-0.1, -0.05) is 17.3 Å². The molecule has 3 heterocycles. The summed E-state index contributed by atoms with van der Waals surface area (Å²) in [7, 11) is 0. The Labute approximate surface area is 121 Å². The van der Waals surface area contributed by atoms with Crippen LogP contribution in [0.4, 0.5) is 0 Å². The maximum atomic E-state index is 5.36. The number of aromatic nitrogens is 4. The van der Waals surface area contributed by atoms with Gasteiger partial charge in [-0.05, 0) is 31.5 Å². The van der Waals surface area contributed by atoms with Crippen molar-refractivity contribution in [2.24, 2.45) is 0 Å². The summed E-state index contributed by atoms with van der Waals surface area (Å²) in [4.78, 5) is 13.4. The molecule has 1 unspecified atom stereocenters. The summed E-state index contributed by atoms with van der Waals surface area (Å²) in [5, 5.41) is 7.46. The van der Waals surface area contributed by atoms with E-state index in [0.717, 1.165) is 42.8 Å². The normalized spacial score (nSPS) is 19.0. The van der Waals surface area contributed by atoms with E-state index in [0.29, 0.717) is 17.5 Å². The van der Waals surface area contributed by atoms with Crippen molar-refractivity contribution in [1.82, 2.24) is 25.4 Å². The molecule has 21 heavy (non-hydrogen) atoms. The van der Waals surface area contributed by atoms with Gasteiger partial charge in [0, 0.05) is 12.5 Å². The first-order valence-corrected chi connectivity index (χ1v) is 7.16. The molecule has 1 N–H and O–H groups in total. The van der Waals surface area contributed by atoms with Gasteiger partial charge in [0.15, 0.2) is 5.82 Å². The van der Waals surface area contributed by atoms with E-state index in [1.165, 1.54) is 0 Å². The number of piperidine rings is 1. The highest BCUT2D eigenvalue weighted by molar-refractivity contribution is 5.75. The Morgan fingerprint density at radius 2 is 2.05 bits per heavy atom. The molecule has 2 aromatic heterocycles. The molecule has 1 atom stereocenters. The molecule has 4 rings (SSSR count). The molecule has 6 nitrogen and oxygen atoms in total. The molecule has 106 valence electrons. The zero-order valence-electron chi connectivity index (χ0n) is 11.5. The van der Waals surface area contributed by atoms with Crippen molar-refractivity contribution in [3.05, 3.63) is 36.3 Å². The van der Waals surface area contributed by atoms with Crippen molar-refractivity contribution in [1.29, 1.82) is 0 Å². The van der Waals surface area contributed by atoms with E-state index in [1.807, 2.05) is 24.3 Å². The maximum absolute atomic E-state index is 5.36. The number of benzene rings is 1. The third-order valence-corrected chi connectivity index (χ3v) is 3.77. The van der Waals surface area contributed by atoms with Crippen molar-refractivity contribution in [2.75, 3.05) is 13.1 Å². The Morgan fingerprint density at radius 3 is 2.90 bits per heavy atom. The lowest BCUT2D eigenvalue weighted by molar-refractivity contribution is 0.392. The molecule has 0 bridgehead atoms. The van der Waals surface area contributed by atoms with Gasteiger partial charge >= 0.3 is 0 Å². The average Bonchev–Trinajstić information content (AvgIpc) is 3.05. The first-order chi connectivity index (χ1) is 10.4. The van der Waals surface area contributed by atoms with Crippen LogP contribution >= 0.6 is 0 Å². The number of hydrogen-bond acceptors (Lipinski definition) is 6. The highest BCUT2D eigenvalue weighted by atomic mass is 16.5. The van der Waals surface area contributed by atoms with Crippen LogP contribution in [0.2, 0.25) is 0 Å². The lowest BCUT2D eigenvalue weighted by atomic mass is 9.99. The van der Waals surface area contributed by atoms with Crippen LogP contribution in [0.1, 0.15) is 24.6 Å². The second-order valence-corrected chi connectivity index (χ2v) is 5.24. The van der Waals surface area contributed by atoms with E-state index < -0.39 is 0 Å².